The molecule has 2 N–H and O–H groups in total. The Bertz CT molecular complexity index is 888. The van der Waals surface area contributed by atoms with Gasteiger partial charge in [-0.2, -0.15) is 13.2 Å². The van der Waals surface area contributed by atoms with Crippen LogP contribution < -0.4 is 10.6 Å². The second-order valence-corrected chi connectivity index (χ2v) is 6.16. The number of anilines is 1. The standard InChI is InChI=1S/C16H17F3N4O2/c1-4-5-12(24)22-15(16(17,18)19)13(25)21-14-20-10-6-8(2)9(3)7-11(10)23(14)15/h6-7H,4-5H2,1-3H3,(H,22,24)(H,20,21,25). The van der Waals surface area contributed by atoms with Crippen molar-refractivity contribution in [1.29, 1.82) is 0 Å². The van der Waals surface area contributed by atoms with E-state index in [-0.39, 0.29) is 17.9 Å². The summed E-state index contributed by atoms with van der Waals surface area (Å²) in [5.41, 5.74) is -1.14. The Morgan fingerprint density at radius 2 is 1.96 bits per heavy atom. The van der Waals surface area contributed by atoms with Gasteiger partial charge in [-0.25, -0.2) is 4.98 Å². The van der Waals surface area contributed by atoms with Crippen LogP contribution in [0.5, 0.6) is 0 Å². The predicted octanol–water partition coefficient (Wildman–Crippen LogP) is 2.74. The predicted molar refractivity (Wildman–Crippen MR) is 84.9 cm³/mol. The summed E-state index contributed by atoms with van der Waals surface area (Å²) in [5.74, 6) is -2.46. The van der Waals surface area contributed by atoms with Gasteiger partial charge in [0.2, 0.25) is 11.9 Å². The van der Waals surface area contributed by atoms with Crippen LogP contribution in [0.2, 0.25) is 0 Å². The van der Waals surface area contributed by atoms with Crippen LogP contribution in [-0.4, -0.2) is 27.5 Å². The average Bonchev–Trinajstić information content (AvgIpc) is 2.94. The fourth-order valence-corrected chi connectivity index (χ4v) is 2.98. The van der Waals surface area contributed by atoms with Crippen molar-refractivity contribution >= 4 is 28.8 Å². The number of hydrogen-bond acceptors (Lipinski definition) is 3. The summed E-state index contributed by atoms with van der Waals surface area (Å²) in [7, 11) is 0. The van der Waals surface area contributed by atoms with E-state index in [0.29, 0.717) is 11.9 Å². The zero-order valence-electron chi connectivity index (χ0n) is 13.9. The van der Waals surface area contributed by atoms with Gasteiger partial charge < -0.3 is 5.32 Å². The van der Waals surface area contributed by atoms with Crippen molar-refractivity contribution in [3.8, 4) is 0 Å². The van der Waals surface area contributed by atoms with Gasteiger partial charge in [-0.3, -0.25) is 19.5 Å². The van der Waals surface area contributed by atoms with Crippen molar-refractivity contribution in [2.24, 2.45) is 0 Å². The molecule has 25 heavy (non-hydrogen) atoms. The molecule has 0 saturated heterocycles. The Labute approximate surface area is 141 Å². The molecule has 1 aliphatic rings. The third-order valence-electron chi connectivity index (χ3n) is 4.37. The number of imidazole rings is 1. The number of aryl methyl sites for hydroxylation is 2. The van der Waals surface area contributed by atoms with E-state index in [1.165, 1.54) is 6.07 Å². The molecule has 1 aromatic heterocycles. The van der Waals surface area contributed by atoms with Gasteiger partial charge in [0.15, 0.2) is 0 Å². The van der Waals surface area contributed by atoms with Gasteiger partial charge in [-0.15, -0.1) is 0 Å². The SMILES string of the molecule is CCCC(=O)NC1(C(F)(F)F)C(=O)Nc2nc3cc(C)c(C)cc3n21. The summed E-state index contributed by atoms with van der Waals surface area (Å²) in [4.78, 5) is 28.3. The summed E-state index contributed by atoms with van der Waals surface area (Å²) < 4.78 is 42.8. The van der Waals surface area contributed by atoms with E-state index in [1.54, 1.807) is 19.9 Å². The Morgan fingerprint density at radius 1 is 1.32 bits per heavy atom. The van der Waals surface area contributed by atoms with E-state index in [0.717, 1.165) is 15.7 Å². The fraction of sp³-hybridized carbons (Fsp3) is 0.438. The zero-order chi connectivity index (χ0) is 18.6. The smallest absolute Gasteiger partial charge is 0.317 e. The largest absolute Gasteiger partial charge is 0.440 e. The zero-order valence-corrected chi connectivity index (χ0v) is 13.9. The highest BCUT2D eigenvalue weighted by Crippen LogP contribution is 2.44. The van der Waals surface area contributed by atoms with Crippen molar-refractivity contribution in [1.82, 2.24) is 14.9 Å². The van der Waals surface area contributed by atoms with E-state index in [2.05, 4.69) is 10.3 Å². The van der Waals surface area contributed by atoms with E-state index < -0.39 is 23.7 Å². The second-order valence-electron chi connectivity index (χ2n) is 6.16. The lowest BCUT2D eigenvalue weighted by Crippen LogP contribution is -2.63. The van der Waals surface area contributed by atoms with E-state index in [1.807, 2.05) is 12.2 Å². The quantitative estimate of drug-likeness (QED) is 0.890. The minimum Gasteiger partial charge on any atom is -0.317 e. The Kier molecular flexibility index (Phi) is 3.77. The van der Waals surface area contributed by atoms with Gasteiger partial charge in [0, 0.05) is 6.42 Å². The number of amides is 2. The van der Waals surface area contributed by atoms with Crippen LogP contribution in [-0.2, 0) is 15.3 Å². The summed E-state index contributed by atoms with van der Waals surface area (Å²) in [6.07, 6.45) is -4.80. The number of aromatic nitrogens is 2. The summed E-state index contributed by atoms with van der Waals surface area (Å²) in [6.45, 7) is 5.24. The first-order valence-electron chi connectivity index (χ1n) is 7.81. The molecule has 134 valence electrons. The maximum atomic E-state index is 14.0. The first-order valence-corrected chi connectivity index (χ1v) is 7.81. The molecular formula is C16H17F3N4O2. The number of benzene rings is 1. The van der Waals surface area contributed by atoms with Crippen LogP contribution in [0.1, 0.15) is 30.9 Å². The maximum absolute atomic E-state index is 14.0. The lowest BCUT2D eigenvalue weighted by atomic mass is 10.1. The monoisotopic (exact) mass is 354 g/mol. The molecule has 9 heteroatoms. The third kappa shape index (κ3) is 2.37. The molecule has 0 fully saturated rings. The van der Waals surface area contributed by atoms with Crippen LogP contribution in [0.4, 0.5) is 19.1 Å². The molecule has 0 bridgehead atoms. The molecule has 0 saturated carbocycles. The third-order valence-corrected chi connectivity index (χ3v) is 4.37. The molecule has 1 unspecified atom stereocenters. The number of nitrogens with zero attached hydrogens (tertiary/aromatic N) is 2. The van der Waals surface area contributed by atoms with Gasteiger partial charge in [0.1, 0.15) is 0 Å². The maximum Gasteiger partial charge on any atom is 0.440 e. The van der Waals surface area contributed by atoms with E-state index in [9.17, 15) is 22.8 Å². The molecule has 3 rings (SSSR count). The Morgan fingerprint density at radius 3 is 2.56 bits per heavy atom. The highest BCUT2D eigenvalue weighted by molar-refractivity contribution is 6.05. The van der Waals surface area contributed by atoms with Crippen LogP contribution in [0.15, 0.2) is 12.1 Å². The number of halogens is 3. The normalized spacial score (nSPS) is 19.8. The van der Waals surface area contributed by atoms with Crippen LogP contribution >= 0.6 is 0 Å². The van der Waals surface area contributed by atoms with Crippen LogP contribution in [0, 0.1) is 13.8 Å². The Hall–Kier alpha value is -2.58. The van der Waals surface area contributed by atoms with Crippen molar-refractivity contribution in [3.63, 3.8) is 0 Å². The molecule has 1 aromatic carbocycles. The number of fused-ring (bicyclic) bond motifs is 3. The minimum absolute atomic E-state index is 0.120. The molecule has 6 nitrogen and oxygen atoms in total. The van der Waals surface area contributed by atoms with E-state index >= 15 is 0 Å². The van der Waals surface area contributed by atoms with E-state index in [4.69, 9.17) is 0 Å². The summed E-state index contributed by atoms with van der Waals surface area (Å²) in [5, 5.41) is 4.05. The number of carbonyl (C=O) groups excluding carboxylic acids is 2. The molecule has 0 radical (unpaired) electrons. The van der Waals surface area contributed by atoms with Gasteiger partial charge in [-0.1, -0.05) is 6.92 Å². The van der Waals surface area contributed by atoms with Crippen molar-refractivity contribution in [2.45, 2.75) is 45.5 Å². The fourth-order valence-electron chi connectivity index (χ4n) is 2.98. The first-order chi connectivity index (χ1) is 11.6. The molecule has 0 spiro atoms. The van der Waals surface area contributed by atoms with Gasteiger partial charge in [0.05, 0.1) is 11.0 Å². The van der Waals surface area contributed by atoms with Gasteiger partial charge in [-0.05, 0) is 43.5 Å². The number of rotatable bonds is 3. The lowest BCUT2D eigenvalue weighted by molar-refractivity contribution is -0.217. The molecule has 2 amide bonds. The molecular weight excluding hydrogens is 337 g/mol. The van der Waals surface area contributed by atoms with Crippen LogP contribution in [0.3, 0.4) is 0 Å². The van der Waals surface area contributed by atoms with Crippen molar-refractivity contribution < 1.29 is 22.8 Å². The average molecular weight is 354 g/mol. The highest BCUT2D eigenvalue weighted by Gasteiger charge is 2.67. The number of carbonyl (C=O) groups is 2. The Balaban J connectivity index is 2.29. The molecule has 2 heterocycles. The first kappa shape index (κ1) is 17.2. The van der Waals surface area contributed by atoms with Crippen LogP contribution in [0.25, 0.3) is 11.0 Å². The number of hydrogen-bond donors (Lipinski definition) is 2. The second kappa shape index (κ2) is 5.47. The number of alkyl halides is 3. The molecule has 1 aliphatic heterocycles. The molecule has 1 atom stereocenters. The lowest BCUT2D eigenvalue weighted by Gasteiger charge is -2.32. The number of nitrogens with one attached hydrogen (secondary N) is 2. The highest BCUT2D eigenvalue weighted by atomic mass is 19.4. The minimum atomic E-state index is -5.04. The van der Waals surface area contributed by atoms with Crippen molar-refractivity contribution in [2.75, 3.05) is 5.32 Å². The summed E-state index contributed by atoms with van der Waals surface area (Å²) >= 11 is 0. The van der Waals surface area contributed by atoms with Crippen molar-refractivity contribution in [3.05, 3.63) is 23.3 Å². The molecule has 0 aliphatic carbocycles. The molecule has 2 aromatic rings. The summed E-state index contributed by atoms with van der Waals surface area (Å²) in [6, 6.07) is 3.19. The topological polar surface area (TPSA) is 76.0 Å². The van der Waals surface area contributed by atoms with Gasteiger partial charge >= 0.3 is 6.18 Å². The van der Waals surface area contributed by atoms with Gasteiger partial charge in [0.25, 0.3) is 11.6 Å².